The van der Waals surface area contributed by atoms with E-state index in [9.17, 15) is 19.8 Å². The average molecular weight is 609 g/mol. The van der Waals surface area contributed by atoms with Crippen LogP contribution in [0.15, 0.2) is 36.4 Å². The molecule has 0 radical (unpaired) electrons. The highest BCUT2D eigenvalue weighted by atomic mass is 16.5. The van der Waals surface area contributed by atoms with Crippen LogP contribution in [0.5, 0.6) is 23.0 Å². The average Bonchev–Trinajstić information content (AvgIpc) is 3.12. The van der Waals surface area contributed by atoms with Gasteiger partial charge in [-0.3, -0.25) is 9.59 Å². The number of fused-ring (bicyclic) bond motifs is 2. The molecule has 2 aromatic carbocycles. The zero-order chi connectivity index (χ0) is 31.6. The molecule has 0 aliphatic heterocycles. The minimum atomic E-state index is -0.563. The first-order chi connectivity index (χ1) is 21.2. The van der Waals surface area contributed by atoms with Gasteiger partial charge in [-0.1, -0.05) is 25.0 Å². The standard InChI is InChI=1S/C35H48N2O7/c1-22(38)44-27(11-9-23-10-12-32(40)34(15-23)42-3)17-26(39)18-30-28-8-6-5-7-24(28)16-25(21-37-14-13-36-2)29-19-33(41)35(43-4)20-31(29)30/h10,12,15-16,19-20,24,27-28,30,36-37,40-41H,5-9,11,13-14,17-18,21H2,1-4H3/t24-,27+,28-,30+/m0/s1. The number of aryl methyl sites for hydroxylation is 1. The number of ether oxygens (including phenoxy) is 3. The van der Waals surface area contributed by atoms with Crippen molar-refractivity contribution >= 4 is 17.3 Å². The van der Waals surface area contributed by atoms with Crippen LogP contribution in [-0.2, 0) is 20.7 Å². The van der Waals surface area contributed by atoms with Gasteiger partial charge < -0.3 is 35.1 Å². The number of methoxy groups -OCH3 is 2. The van der Waals surface area contributed by atoms with Crippen molar-refractivity contribution in [2.24, 2.45) is 11.8 Å². The van der Waals surface area contributed by atoms with Crippen LogP contribution < -0.4 is 20.1 Å². The number of phenolic OH excluding ortho intramolecular Hbond substituents is 2. The lowest BCUT2D eigenvalue weighted by Gasteiger charge is -2.35. The maximum Gasteiger partial charge on any atom is 0.302 e. The SMILES string of the molecule is CNCCNCC1=C[C@@H]2CCCC[C@@H]2[C@@H](CC(=O)C[C@@H](CCc2ccc(O)c(OC)c2)OC(C)=O)c2cc(OC)c(O)cc21. The minimum absolute atomic E-state index is 0.0439. The van der Waals surface area contributed by atoms with Crippen molar-refractivity contribution in [3.05, 3.63) is 53.1 Å². The summed E-state index contributed by atoms with van der Waals surface area (Å²) in [5.74, 6) is 1.11. The number of phenols is 2. The normalized spacial score (nSPS) is 20.0. The van der Waals surface area contributed by atoms with E-state index in [1.54, 1.807) is 31.4 Å². The fourth-order valence-electron chi connectivity index (χ4n) is 6.88. The Bertz CT molecular complexity index is 1320. The van der Waals surface area contributed by atoms with E-state index in [2.05, 4.69) is 16.7 Å². The zero-order valence-corrected chi connectivity index (χ0v) is 26.5. The summed E-state index contributed by atoms with van der Waals surface area (Å²) in [4.78, 5) is 25.8. The van der Waals surface area contributed by atoms with Crippen molar-refractivity contribution in [2.45, 2.75) is 70.3 Å². The van der Waals surface area contributed by atoms with Gasteiger partial charge in [-0.25, -0.2) is 0 Å². The molecule has 0 heterocycles. The highest BCUT2D eigenvalue weighted by Crippen LogP contribution is 2.50. The molecule has 2 aliphatic carbocycles. The summed E-state index contributed by atoms with van der Waals surface area (Å²) < 4.78 is 16.4. The highest BCUT2D eigenvalue weighted by molar-refractivity contribution is 5.82. The van der Waals surface area contributed by atoms with Crippen molar-refractivity contribution in [2.75, 3.05) is 40.9 Å². The van der Waals surface area contributed by atoms with Gasteiger partial charge in [0.1, 0.15) is 11.9 Å². The molecule has 1 fully saturated rings. The molecule has 9 heteroatoms. The Labute approximate surface area is 261 Å². The summed E-state index contributed by atoms with van der Waals surface area (Å²) in [5, 5.41) is 27.4. The summed E-state index contributed by atoms with van der Waals surface area (Å²) in [6.45, 7) is 3.70. The molecule has 2 aromatic rings. The van der Waals surface area contributed by atoms with Crippen LogP contribution in [0.25, 0.3) is 5.57 Å². The number of carbonyl (C=O) groups excluding carboxylic acids is 2. The third-order valence-electron chi connectivity index (χ3n) is 9.01. The molecule has 0 aromatic heterocycles. The second-order valence-corrected chi connectivity index (χ2v) is 12.0. The summed E-state index contributed by atoms with van der Waals surface area (Å²) in [6, 6.07) is 8.85. The van der Waals surface area contributed by atoms with Gasteiger partial charge in [-0.15, -0.1) is 0 Å². The van der Waals surface area contributed by atoms with Gasteiger partial charge in [-0.2, -0.15) is 0 Å². The van der Waals surface area contributed by atoms with Crippen LogP contribution in [0.2, 0.25) is 0 Å². The van der Waals surface area contributed by atoms with Crippen LogP contribution in [-0.4, -0.2) is 69.0 Å². The summed E-state index contributed by atoms with van der Waals surface area (Å²) >= 11 is 0. The molecule has 44 heavy (non-hydrogen) atoms. The molecule has 4 rings (SSSR count). The van der Waals surface area contributed by atoms with E-state index < -0.39 is 12.1 Å². The predicted molar refractivity (Wildman–Crippen MR) is 170 cm³/mol. The maximum atomic E-state index is 13.8. The molecule has 4 N–H and O–H groups in total. The number of Topliss-reactive ketones (excluding diaryl/α,β-unsaturated/α-hetero) is 1. The topological polar surface area (TPSA) is 126 Å². The minimum Gasteiger partial charge on any atom is -0.504 e. The van der Waals surface area contributed by atoms with Gasteiger partial charge in [0.05, 0.1) is 14.2 Å². The number of likely N-dealkylation sites (N-methyl/N-ethyl adjacent to an activating group) is 1. The molecule has 0 unspecified atom stereocenters. The smallest absolute Gasteiger partial charge is 0.302 e. The molecule has 2 aliphatic rings. The monoisotopic (exact) mass is 608 g/mol. The van der Waals surface area contributed by atoms with Crippen LogP contribution in [0.4, 0.5) is 0 Å². The van der Waals surface area contributed by atoms with E-state index in [-0.39, 0.29) is 35.5 Å². The van der Waals surface area contributed by atoms with Crippen molar-refractivity contribution in [3.63, 3.8) is 0 Å². The molecule has 0 amide bonds. The first-order valence-corrected chi connectivity index (χ1v) is 15.8. The second-order valence-electron chi connectivity index (χ2n) is 12.0. The Morgan fingerprint density at radius 3 is 2.48 bits per heavy atom. The molecular formula is C35H48N2O7. The van der Waals surface area contributed by atoms with Crippen LogP contribution in [0, 0.1) is 11.8 Å². The van der Waals surface area contributed by atoms with Gasteiger partial charge in [0.15, 0.2) is 23.0 Å². The number of carbonyl (C=O) groups is 2. The van der Waals surface area contributed by atoms with Crippen molar-refractivity contribution in [1.82, 2.24) is 10.6 Å². The lowest BCUT2D eigenvalue weighted by atomic mass is 9.69. The van der Waals surface area contributed by atoms with E-state index >= 15 is 0 Å². The van der Waals surface area contributed by atoms with Gasteiger partial charge in [0.25, 0.3) is 0 Å². The van der Waals surface area contributed by atoms with Gasteiger partial charge in [-0.05, 0) is 97.0 Å². The van der Waals surface area contributed by atoms with Crippen LogP contribution in [0.3, 0.4) is 0 Å². The molecular weight excluding hydrogens is 560 g/mol. The van der Waals surface area contributed by atoms with Crippen molar-refractivity contribution in [3.8, 4) is 23.0 Å². The predicted octanol–water partition coefficient (Wildman–Crippen LogP) is 5.12. The van der Waals surface area contributed by atoms with Gasteiger partial charge in [0.2, 0.25) is 0 Å². The lowest BCUT2D eigenvalue weighted by molar-refractivity contribution is -0.147. The Kier molecular flexibility index (Phi) is 12.1. The van der Waals surface area contributed by atoms with Crippen LogP contribution in [0.1, 0.15) is 74.5 Å². The number of allylic oxidation sites excluding steroid dienone is 1. The number of ketones is 1. The van der Waals surface area contributed by atoms with E-state index in [1.807, 2.05) is 13.1 Å². The Balaban J connectivity index is 1.58. The maximum absolute atomic E-state index is 13.8. The third-order valence-corrected chi connectivity index (χ3v) is 9.01. The summed E-state index contributed by atoms with van der Waals surface area (Å²) in [5.41, 5.74) is 4.05. The quantitative estimate of drug-likeness (QED) is 0.161. The Morgan fingerprint density at radius 1 is 1.00 bits per heavy atom. The molecule has 0 saturated heterocycles. The Morgan fingerprint density at radius 2 is 1.75 bits per heavy atom. The molecule has 240 valence electrons. The fraction of sp³-hybridized carbons (Fsp3) is 0.543. The van der Waals surface area contributed by atoms with Gasteiger partial charge in [0, 0.05) is 39.4 Å². The molecule has 9 nitrogen and oxygen atoms in total. The number of esters is 1. The van der Waals surface area contributed by atoms with Gasteiger partial charge >= 0.3 is 5.97 Å². The number of benzene rings is 2. The number of rotatable bonds is 15. The largest absolute Gasteiger partial charge is 0.504 e. The first-order valence-electron chi connectivity index (χ1n) is 15.8. The number of hydrogen-bond acceptors (Lipinski definition) is 9. The van der Waals surface area contributed by atoms with Crippen molar-refractivity contribution in [1.29, 1.82) is 0 Å². The second kappa shape index (κ2) is 16.0. The molecule has 0 spiro atoms. The summed E-state index contributed by atoms with van der Waals surface area (Å²) in [7, 11) is 4.97. The number of nitrogens with one attached hydrogen (secondary N) is 2. The third kappa shape index (κ3) is 8.54. The lowest BCUT2D eigenvalue weighted by Crippen LogP contribution is -2.27. The van der Waals surface area contributed by atoms with Crippen LogP contribution >= 0.6 is 0 Å². The number of aromatic hydroxyl groups is 2. The molecule has 0 bridgehead atoms. The van der Waals surface area contributed by atoms with E-state index in [0.717, 1.165) is 61.0 Å². The van der Waals surface area contributed by atoms with E-state index in [0.29, 0.717) is 43.2 Å². The zero-order valence-electron chi connectivity index (χ0n) is 26.5. The molecule has 4 atom stereocenters. The number of hydrogen-bond donors (Lipinski definition) is 4. The van der Waals surface area contributed by atoms with E-state index in [1.165, 1.54) is 14.0 Å². The summed E-state index contributed by atoms with van der Waals surface area (Å²) in [6.07, 6.45) is 7.65. The first kappa shape index (κ1) is 33.3. The highest BCUT2D eigenvalue weighted by Gasteiger charge is 2.38. The molecule has 1 saturated carbocycles. The Hall–Kier alpha value is -3.56. The van der Waals surface area contributed by atoms with Crippen molar-refractivity contribution < 1.29 is 34.0 Å². The van der Waals surface area contributed by atoms with E-state index in [4.69, 9.17) is 14.2 Å². The fourth-order valence-corrected chi connectivity index (χ4v) is 6.88.